The number of anilines is 1. The predicted octanol–water partition coefficient (Wildman–Crippen LogP) is 2.27. The lowest BCUT2D eigenvalue weighted by atomic mass is 9.99. The Hall–Kier alpha value is -3.94. The molecule has 0 unspecified atom stereocenters. The average Bonchev–Trinajstić information content (AvgIpc) is 3.38. The normalized spacial score (nSPS) is 18.3. The van der Waals surface area contributed by atoms with Gasteiger partial charge in [-0.2, -0.15) is 8.42 Å². The zero-order valence-corrected chi connectivity index (χ0v) is 24.2. The molecule has 13 heteroatoms. The molecule has 1 aliphatic rings. The van der Waals surface area contributed by atoms with Gasteiger partial charge in [-0.25, -0.2) is 9.78 Å². The quantitative estimate of drug-likeness (QED) is 0.325. The lowest BCUT2D eigenvalue weighted by Gasteiger charge is -2.38. The monoisotopic (exact) mass is 585 g/mol. The Balaban J connectivity index is 1.60. The summed E-state index contributed by atoms with van der Waals surface area (Å²) in [5.74, 6) is -1.16. The van der Waals surface area contributed by atoms with Crippen molar-refractivity contribution >= 4 is 27.6 Å². The minimum absolute atomic E-state index is 0.111. The van der Waals surface area contributed by atoms with Crippen molar-refractivity contribution in [3.05, 3.63) is 71.7 Å². The van der Waals surface area contributed by atoms with Crippen molar-refractivity contribution < 1.29 is 33.0 Å². The van der Waals surface area contributed by atoms with Gasteiger partial charge in [-0.15, -0.1) is 0 Å². The van der Waals surface area contributed by atoms with Gasteiger partial charge in [0.05, 0.1) is 30.1 Å². The summed E-state index contributed by atoms with van der Waals surface area (Å²) in [7, 11) is -0.400. The fraction of sp³-hybridized carbons (Fsp3) is 0.393. The number of ether oxygens (including phenoxy) is 1. The first kappa shape index (κ1) is 30.0. The molecule has 0 saturated carbocycles. The van der Waals surface area contributed by atoms with Gasteiger partial charge in [0.2, 0.25) is 0 Å². The lowest BCUT2D eigenvalue weighted by Crippen LogP contribution is -2.49. The van der Waals surface area contributed by atoms with Crippen molar-refractivity contribution in [2.24, 2.45) is 13.0 Å². The Morgan fingerprint density at radius 3 is 2.56 bits per heavy atom. The highest BCUT2D eigenvalue weighted by molar-refractivity contribution is 7.92. The van der Waals surface area contributed by atoms with Gasteiger partial charge in [-0.3, -0.25) is 14.4 Å². The van der Waals surface area contributed by atoms with E-state index in [2.05, 4.69) is 14.6 Å². The Labute approximate surface area is 239 Å². The molecule has 220 valence electrons. The number of rotatable bonds is 10. The number of nitrogens with zero attached hydrogens (tertiary/aromatic N) is 4. The van der Waals surface area contributed by atoms with Crippen molar-refractivity contribution in [2.75, 3.05) is 31.5 Å². The summed E-state index contributed by atoms with van der Waals surface area (Å²) >= 11 is 0. The van der Waals surface area contributed by atoms with Gasteiger partial charge < -0.3 is 24.4 Å². The standard InChI is InChI=1S/C28H35N5O7S/c1-18-12-33(19(2)16-34)27(35)23-11-22(30-41(38,39)26-15-32(4)17-29-26)9-10-24(23)40-25(18)14-31(3)13-20-5-7-21(8-6-20)28(36)37/h5-11,15,17-19,25,30,34H,12-14,16H2,1-4H3,(H,36,37)/t18-,19+,25-/m0/s1. The van der Waals surface area contributed by atoms with Crippen molar-refractivity contribution in [1.29, 1.82) is 0 Å². The van der Waals surface area contributed by atoms with Crippen LogP contribution in [-0.4, -0.2) is 88.7 Å². The lowest BCUT2D eigenvalue weighted by molar-refractivity contribution is 0.0341. The van der Waals surface area contributed by atoms with E-state index in [1.807, 2.05) is 14.0 Å². The van der Waals surface area contributed by atoms with E-state index < -0.39 is 22.0 Å². The number of likely N-dealkylation sites (N-methyl/N-ethyl adjacent to an activating group) is 1. The van der Waals surface area contributed by atoms with Gasteiger partial charge in [0, 0.05) is 44.5 Å². The van der Waals surface area contributed by atoms with E-state index >= 15 is 0 Å². The topological polar surface area (TPSA) is 154 Å². The molecule has 1 amide bonds. The molecular weight excluding hydrogens is 550 g/mol. The van der Waals surface area contributed by atoms with E-state index in [9.17, 15) is 23.1 Å². The fourth-order valence-electron chi connectivity index (χ4n) is 4.68. The number of aromatic nitrogens is 2. The molecule has 2 aromatic carbocycles. The Kier molecular flexibility index (Phi) is 9.00. The van der Waals surface area contributed by atoms with Gasteiger partial charge in [-0.1, -0.05) is 19.1 Å². The number of fused-ring (bicyclic) bond motifs is 1. The summed E-state index contributed by atoms with van der Waals surface area (Å²) in [6, 6.07) is 10.7. The number of aliphatic hydroxyl groups is 1. The van der Waals surface area contributed by atoms with Crippen molar-refractivity contribution in [3.8, 4) is 5.75 Å². The van der Waals surface area contributed by atoms with Crippen LogP contribution < -0.4 is 9.46 Å². The summed E-state index contributed by atoms with van der Waals surface area (Å²) in [6.45, 7) is 4.84. The second-order valence-electron chi connectivity index (χ2n) is 10.5. The molecule has 3 aromatic rings. The van der Waals surface area contributed by atoms with Crippen LogP contribution in [-0.2, 0) is 23.6 Å². The van der Waals surface area contributed by atoms with Crippen molar-refractivity contribution in [1.82, 2.24) is 19.4 Å². The van der Waals surface area contributed by atoms with Crippen LogP contribution >= 0.6 is 0 Å². The largest absolute Gasteiger partial charge is 0.488 e. The molecule has 12 nitrogen and oxygen atoms in total. The van der Waals surface area contributed by atoms with Gasteiger partial charge in [-0.05, 0) is 49.9 Å². The number of hydrogen-bond donors (Lipinski definition) is 3. The minimum atomic E-state index is -3.99. The highest BCUT2D eigenvalue weighted by atomic mass is 32.2. The number of aryl methyl sites for hydroxylation is 1. The van der Waals surface area contributed by atoms with Crippen LogP contribution in [0.2, 0.25) is 0 Å². The van der Waals surface area contributed by atoms with E-state index in [4.69, 9.17) is 9.84 Å². The van der Waals surface area contributed by atoms with Crippen LogP contribution in [0, 0.1) is 5.92 Å². The van der Waals surface area contributed by atoms with Gasteiger partial charge in [0.25, 0.3) is 15.9 Å². The number of carboxylic acids is 1. The Morgan fingerprint density at radius 2 is 1.95 bits per heavy atom. The van der Waals surface area contributed by atoms with Gasteiger partial charge in [0.1, 0.15) is 11.9 Å². The molecule has 1 aromatic heterocycles. The van der Waals surface area contributed by atoms with E-state index in [0.717, 1.165) is 5.56 Å². The number of amides is 1. The minimum Gasteiger partial charge on any atom is -0.488 e. The first-order chi connectivity index (χ1) is 19.4. The number of aromatic carboxylic acids is 1. The number of nitrogens with one attached hydrogen (secondary N) is 1. The average molecular weight is 586 g/mol. The summed E-state index contributed by atoms with van der Waals surface area (Å²) in [5.41, 5.74) is 1.51. The number of carbonyl (C=O) groups excluding carboxylic acids is 1. The molecule has 41 heavy (non-hydrogen) atoms. The number of aliphatic hydroxyl groups excluding tert-OH is 1. The maximum atomic E-state index is 13.7. The molecule has 2 heterocycles. The third-order valence-corrected chi connectivity index (χ3v) is 8.28. The summed E-state index contributed by atoms with van der Waals surface area (Å²) in [5, 5.41) is 18.9. The van der Waals surface area contributed by atoms with E-state index in [-0.39, 0.29) is 46.4 Å². The molecule has 0 fully saturated rings. The van der Waals surface area contributed by atoms with Crippen molar-refractivity contribution in [2.45, 2.75) is 37.6 Å². The third kappa shape index (κ3) is 7.04. The van der Waals surface area contributed by atoms with Crippen LogP contribution in [0.5, 0.6) is 5.75 Å². The molecule has 0 bridgehead atoms. The zero-order chi connectivity index (χ0) is 29.9. The Morgan fingerprint density at radius 1 is 1.24 bits per heavy atom. The molecule has 3 atom stereocenters. The van der Waals surface area contributed by atoms with Crippen LogP contribution in [0.3, 0.4) is 0 Å². The SMILES string of the molecule is C[C@H](CO)N1C[C@H](C)[C@H](CN(C)Cc2ccc(C(=O)O)cc2)Oc2ccc(NS(=O)(=O)c3cn(C)cn3)cc2C1=O. The first-order valence-corrected chi connectivity index (χ1v) is 14.6. The second kappa shape index (κ2) is 12.3. The van der Waals surface area contributed by atoms with Crippen LogP contribution in [0.25, 0.3) is 0 Å². The van der Waals surface area contributed by atoms with Crippen molar-refractivity contribution in [3.63, 3.8) is 0 Å². The number of benzene rings is 2. The number of carbonyl (C=O) groups is 2. The number of sulfonamides is 1. The Bertz CT molecular complexity index is 1510. The summed E-state index contributed by atoms with van der Waals surface area (Å²) in [6.07, 6.45) is 2.40. The highest BCUT2D eigenvalue weighted by Crippen LogP contribution is 2.31. The van der Waals surface area contributed by atoms with Gasteiger partial charge in [0.15, 0.2) is 5.03 Å². The maximum Gasteiger partial charge on any atom is 0.335 e. The highest BCUT2D eigenvalue weighted by Gasteiger charge is 2.34. The van der Waals surface area contributed by atoms with Crippen LogP contribution in [0.4, 0.5) is 5.69 Å². The molecule has 0 saturated heterocycles. The van der Waals surface area contributed by atoms with E-state index in [1.165, 1.54) is 29.2 Å². The number of imidazole rings is 1. The molecular formula is C28H35N5O7S. The molecule has 4 rings (SSSR count). The van der Waals surface area contributed by atoms with Gasteiger partial charge >= 0.3 is 5.97 Å². The number of carboxylic acid groups (broad SMARTS) is 1. The first-order valence-electron chi connectivity index (χ1n) is 13.1. The number of hydrogen-bond acceptors (Lipinski definition) is 8. The molecule has 0 spiro atoms. The molecule has 3 N–H and O–H groups in total. The molecule has 1 aliphatic heterocycles. The summed E-state index contributed by atoms with van der Waals surface area (Å²) < 4.78 is 36.1. The zero-order valence-electron chi connectivity index (χ0n) is 23.4. The fourth-order valence-corrected chi connectivity index (χ4v) is 5.71. The molecule has 0 aliphatic carbocycles. The van der Waals surface area contributed by atoms with Crippen LogP contribution in [0.1, 0.15) is 40.1 Å². The van der Waals surface area contributed by atoms with Crippen LogP contribution in [0.15, 0.2) is 60.0 Å². The smallest absolute Gasteiger partial charge is 0.335 e. The van der Waals surface area contributed by atoms with E-state index in [1.54, 1.807) is 49.2 Å². The molecule has 0 radical (unpaired) electrons. The third-order valence-electron chi connectivity index (χ3n) is 7.02. The maximum absolute atomic E-state index is 13.7. The second-order valence-corrected chi connectivity index (χ2v) is 12.1. The van der Waals surface area contributed by atoms with E-state index in [0.29, 0.717) is 25.4 Å². The summed E-state index contributed by atoms with van der Waals surface area (Å²) in [4.78, 5) is 32.4. The predicted molar refractivity (Wildman–Crippen MR) is 151 cm³/mol.